The highest BCUT2D eigenvalue weighted by atomic mass is 31.2. The summed E-state index contributed by atoms with van der Waals surface area (Å²) in [6, 6.07) is 3.36. The van der Waals surface area contributed by atoms with Gasteiger partial charge in [0.2, 0.25) is 0 Å². The van der Waals surface area contributed by atoms with Crippen molar-refractivity contribution in [1.82, 2.24) is 15.2 Å². The Balaban J connectivity index is 1.86. The smallest absolute Gasteiger partial charge is 0.456 e. The minimum Gasteiger partial charge on any atom is -0.456 e. The van der Waals surface area contributed by atoms with E-state index in [1.807, 2.05) is 13.8 Å². The van der Waals surface area contributed by atoms with Crippen molar-refractivity contribution in [3.05, 3.63) is 52.1 Å². The number of halogens is 1. The first-order valence-electron chi connectivity index (χ1n) is 14.3. The molecule has 1 atom stereocenters. The number of hydrogen-bond acceptors (Lipinski definition) is 9. The van der Waals surface area contributed by atoms with Gasteiger partial charge >= 0.3 is 19.9 Å². The third-order valence-electron chi connectivity index (χ3n) is 7.11. The molecule has 246 valence electrons. The number of nitrogens with zero attached hydrogens (tertiary/aromatic N) is 2. The topological polar surface area (TPSA) is 188 Å². The van der Waals surface area contributed by atoms with E-state index in [-0.39, 0.29) is 29.2 Å². The van der Waals surface area contributed by atoms with Crippen molar-refractivity contribution in [3.63, 3.8) is 0 Å². The normalized spacial score (nSPS) is 14.6. The fraction of sp³-hybridized carbons (Fsp3) is 0.448. The van der Waals surface area contributed by atoms with E-state index in [1.165, 1.54) is 19.1 Å². The number of amides is 3. The predicted octanol–water partition coefficient (Wildman–Crippen LogP) is 3.30. The number of carbonyl (C=O) groups is 4. The summed E-state index contributed by atoms with van der Waals surface area (Å²) in [6.45, 7) is 10.3. The van der Waals surface area contributed by atoms with Gasteiger partial charge in [-0.3, -0.25) is 18.9 Å². The van der Waals surface area contributed by atoms with Gasteiger partial charge in [0.1, 0.15) is 12.4 Å². The zero-order valence-electron chi connectivity index (χ0n) is 25.7. The molecular weight excluding hydrogens is 614 g/mol. The molecule has 2 heterocycles. The van der Waals surface area contributed by atoms with Crippen molar-refractivity contribution in [2.75, 3.05) is 44.3 Å². The Kier molecular flexibility index (Phi) is 12.2. The second-order valence-electron chi connectivity index (χ2n) is 10.1. The first-order valence-corrected chi connectivity index (χ1v) is 15.9. The van der Waals surface area contributed by atoms with Crippen LogP contribution in [-0.2, 0) is 28.2 Å². The van der Waals surface area contributed by atoms with E-state index in [0.717, 1.165) is 25.2 Å². The van der Waals surface area contributed by atoms with Crippen molar-refractivity contribution in [3.8, 4) is 0 Å². The molecule has 14 nitrogen and oxygen atoms in total. The lowest BCUT2D eigenvalue weighted by Crippen LogP contribution is -2.37. The molecule has 2 aromatic rings. The number of ether oxygens (including phenoxy) is 2. The number of fused-ring (bicyclic) bond motifs is 1. The Hall–Kier alpha value is -3.88. The maximum Gasteiger partial charge on any atom is 0.469 e. The highest BCUT2D eigenvalue weighted by Gasteiger charge is 2.39. The van der Waals surface area contributed by atoms with E-state index >= 15 is 0 Å². The fourth-order valence-corrected chi connectivity index (χ4v) is 5.10. The summed E-state index contributed by atoms with van der Waals surface area (Å²) in [5.41, 5.74) is 1.93. The largest absolute Gasteiger partial charge is 0.469 e. The van der Waals surface area contributed by atoms with Crippen LogP contribution in [0.2, 0.25) is 0 Å². The SMILES string of the molecule is CCC(=O)OC(COC(=O)N1C(=O)/C(=C\c2[nH]c(C)c(C(=O)NCCN(CC)CC)c2C)c2cc(F)ccc21)COP(=O)(O)O. The summed E-state index contributed by atoms with van der Waals surface area (Å²) in [5, 5.41) is 2.91. The van der Waals surface area contributed by atoms with Crippen LogP contribution in [0.4, 0.5) is 14.9 Å². The van der Waals surface area contributed by atoms with E-state index in [2.05, 4.69) is 19.7 Å². The highest BCUT2D eigenvalue weighted by molar-refractivity contribution is 7.46. The van der Waals surface area contributed by atoms with Crippen molar-refractivity contribution in [2.24, 2.45) is 0 Å². The van der Waals surface area contributed by atoms with Crippen LogP contribution in [0.3, 0.4) is 0 Å². The lowest BCUT2D eigenvalue weighted by Gasteiger charge is -2.20. The molecule has 16 heteroatoms. The number of H-pyrrole nitrogens is 1. The first-order chi connectivity index (χ1) is 21.2. The number of imide groups is 1. The molecule has 0 spiro atoms. The van der Waals surface area contributed by atoms with E-state index in [9.17, 15) is 28.1 Å². The summed E-state index contributed by atoms with van der Waals surface area (Å²) in [5.74, 6) is -2.57. The zero-order valence-corrected chi connectivity index (χ0v) is 26.6. The molecule has 4 N–H and O–H groups in total. The molecule has 0 fully saturated rings. The van der Waals surface area contributed by atoms with Crippen LogP contribution in [0.5, 0.6) is 0 Å². The fourth-order valence-electron chi connectivity index (χ4n) is 4.74. The highest BCUT2D eigenvalue weighted by Crippen LogP contribution is 2.39. The number of aryl methyl sites for hydroxylation is 1. The lowest BCUT2D eigenvalue weighted by molar-refractivity contribution is -0.152. The van der Waals surface area contributed by atoms with Crippen molar-refractivity contribution < 1.29 is 51.9 Å². The second kappa shape index (κ2) is 15.4. The van der Waals surface area contributed by atoms with E-state index in [4.69, 9.17) is 19.3 Å². The average molecular weight is 653 g/mol. The molecular formula is C29H38FN4O10P. The molecule has 1 aromatic carbocycles. The van der Waals surface area contributed by atoms with Crippen LogP contribution >= 0.6 is 7.82 Å². The number of phosphoric ester groups is 1. The molecule has 1 aromatic heterocycles. The van der Waals surface area contributed by atoms with Gasteiger partial charge < -0.3 is 34.5 Å². The van der Waals surface area contributed by atoms with Crippen molar-refractivity contribution in [2.45, 2.75) is 47.1 Å². The molecule has 3 rings (SSSR count). The quantitative estimate of drug-likeness (QED) is 0.133. The maximum atomic E-state index is 14.3. The molecule has 1 unspecified atom stereocenters. The zero-order chi connectivity index (χ0) is 33.5. The van der Waals surface area contributed by atoms with Crippen LogP contribution in [0.25, 0.3) is 11.6 Å². The Morgan fingerprint density at radius 2 is 1.84 bits per heavy atom. The Morgan fingerprint density at radius 3 is 2.47 bits per heavy atom. The van der Waals surface area contributed by atoms with Gasteiger partial charge in [0.15, 0.2) is 6.10 Å². The number of carbonyl (C=O) groups excluding carboxylic acids is 4. The molecule has 45 heavy (non-hydrogen) atoms. The Bertz CT molecular complexity index is 1510. The van der Waals surface area contributed by atoms with Gasteiger partial charge in [0.05, 0.1) is 23.4 Å². The van der Waals surface area contributed by atoms with Gasteiger partial charge in [-0.25, -0.2) is 18.6 Å². The lowest BCUT2D eigenvalue weighted by atomic mass is 10.0. The number of anilines is 1. The van der Waals surface area contributed by atoms with Gasteiger partial charge in [0.25, 0.3) is 11.8 Å². The van der Waals surface area contributed by atoms with Gasteiger partial charge in [0, 0.05) is 36.5 Å². The van der Waals surface area contributed by atoms with E-state index < -0.39 is 50.9 Å². The summed E-state index contributed by atoms with van der Waals surface area (Å²) in [7, 11) is -4.93. The molecule has 0 bridgehead atoms. The van der Waals surface area contributed by atoms with Gasteiger partial charge in [-0.05, 0) is 56.8 Å². The number of aromatic amines is 1. The van der Waals surface area contributed by atoms with E-state index in [1.54, 1.807) is 13.8 Å². The number of hydrogen-bond donors (Lipinski definition) is 4. The van der Waals surface area contributed by atoms with E-state index in [0.29, 0.717) is 40.5 Å². The average Bonchev–Trinajstić information content (AvgIpc) is 3.42. The minimum absolute atomic E-state index is 0.0153. The van der Waals surface area contributed by atoms with Crippen LogP contribution < -0.4 is 10.2 Å². The Morgan fingerprint density at radius 1 is 1.16 bits per heavy atom. The molecule has 0 saturated carbocycles. The number of aromatic nitrogens is 1. The summed E-state index contributed by atoms with van der Waals surface area (Å²) in [6.07, 6.45) is -1.26. The van der Waals surface area contributed by atoms with Crippen molar-refractivity contribution >= 4 is 49.0 Å². The van der Waals surface area contributed by atoms with Crippen molar-refractivity contribution in [1.29, 1.82) is 0 Å². The van der Waals surface area contributed by atoms with Crippen LogP contribution in [0, 0.1) is 19.7 Å². The molecule has 0 radical (unpaired) electrons. The first kappa shape index (κ1) is 35.6. The third-order valence-corrected chi connectivity index (χ3v) is 7.60. The number of likely N-dealkylation sites (N-methyl/N-ethyl adjacent to an activating group) is 1. The third kappa shape index (κ3) is 9.08. The van der Waals surface area contributed by atoms with Gasteiger partial charge in [-0.15, -0.1) is 0 Å². The number of benzene rings is 1. The second-order valence-corrected chi connectivity index (χ2v) is 11.4. The van der Waals surface area contributed by atoms with Crippen LogP contribution in [0.1, 0.15) is 60.1 Å². The maximum absolute atomic E-state index is 14.3. The number of phosphoric acid groups is 1. The number of rotatable bonds is 14. The summed E-state index contributed by atoms with van der Waals surface area (Å²) >= 11 is 0. The summed E-state index contributed by atoms with van der Waals surface area (Å²) in [4.78, 5) is 75.4. The Labute approximate surface area is 259 Å². The monoisotopic (exact) mass is 652 g/mol. The predicted molar refractivity (Wildman–Crippen MR) is 162 cm³/mol. The van der Waals surface area contributed by atoms with Crippen LogP contribution in [0.15, 0.2) is 18.2 Å². The molecule has 0 saturated heterocycles. The molecule has 1 aliphatic heterocycles. The van der Waals surface area contributed by atoms with Gasteiger partial charge in [-0.2, -0.15) is 0 Å². The van der Waals surface area contributed by atoms with Gasteiger partial charge in [-0.1, -0.05) is 20.8 Å². The molecule has 0 aliphatic carbocycles. The number of esters is 1. The standard InChI is InChI=1S/C29H38FN4O10P/c1-6-25(35)44-20(16-43-45(39,40)41)15-42-29(38)34-24-10-9-19(30)13-21(24)22(28(34)37)14-23-17(4)26(18(5)32-23)27(36)31-11-12-33(7-2)8-3/h9-10,13-14,20,32H,6-8,11-12,15-16H2,1-5H3,(H,31,36)(H2,39,40,41)/b22-14-. The minimum atomic E-state index is -4.93. The summed E-state index contributed by atoms with van der Waals surface area (Å²) < 4.78 is 40.0. The molecule has 3 amide bonds. The van der Waals surface area contributed by atoms with Crippen LogP contribution in [-0.4, -0.2) is 89.0 Å². The molecule has 1 aliphatic rings. The number of nitrogens with one attached hydrogen (secondary N) is 2.